The van der Waals surface area contributed by atoms with Crippen LogP contribution in [0.4, 0.5) is 0 Å². The molecule has 4 nitrogen and oxygen atoms in total. The Kier molecular flexibility index (Phi) is 3.56. The first-order valence-corrected chi connectivity index (χ1v) is 7.94. The fourth-order valence-electron chi connectivity index (χ4n) is 3.54. The van der Waals surface area contributed by atoms with Gasteiger partial charge in [0.1, 0.15) is 0 Å². The molecule has 0 saturated heterocycles. The van der Waals surface area contributed by atoms with Crippen LogP contribution in [-0.2, 0) is 4.79 Å². The highest BCUT2D eigenvalue weighted by Gasteiger charge is 2.48. The molecule has 0 heterocycles. The van der Waals surface area contributed by atoms with Crippen molar-refractivity contribution < 1.29 is 4.79 Å². The largest absolute Gasteiger partial charge is 0.368 e. The van der Waals surface area contributed by atoms with Gasteiger partial charge in [-0.1, -0.05) is 6.92 Å². The van der Waals surface area contributed by atoms with E-state index >= 15 is 0 Å². The lowest BCUT2D eigenvalue weighted by molar-refractivity contribution is -0.124. The molecule has 0 aromatic rings. The van der Waals surface area contributed by atoms with Gasteiger partial charge in [-0.25, -0.2) is 0 Å². The molecule has 4 heteroatoms. The summed E-state index contributed by atoms with van der Waals surface area (Å²) in [5.41, 5.74) is 5.29. The number of nitrogens with one attached hydrogen (secondary N) is 1. The SMILES string of the molecule is CCN(CC1CC1)C1CCC(NC2CC2)(C(N)=O)C1. The summed E-state index contributed by atoms with van der Waals surface area (Å²) in [5, 5.41) is 3.54. The molecule has 3 N–H and O–H groups in total. The van der Waals surface area contributed by atoms with Crippen LogP contribution in [0.25, 0.3) is 0 Å². The summed E-state index contributed by atoms with van der Waals surface area (Å²) in [6.07, 6.45) is 8.15. The molecule has 0 spiro atoms. The van der Waals surface area contributed by atoms with Crippen molar-refractivity contribution in [1.29, 1.82) is 0 Å². The molecule has 19 heavy (non-hydrogen) atoms. The summed E-state index contributed by atoms with van der Waals surface area (Å²) in [6.45, 7) is 4.56. The lowest BCUT2D eigenvalue weighted by Gasteiger charge is -2.31. The number of primary amides is 1. The predicted molar refractivity (Wildman–Crippen MR) is 75.7 cm³/mol. The Morgan fingerprint density at radius 3 is 2.58 bits per heavy atom. The quantitative estimate of drug-likeness (QED) is 0.728. The predicted octanol–water partition coefficient (Wildman–Crippen LogP) is 1.25. The summed E-state index contributed by atoms with van der Waals surface area (Å²) in [5.74, 6) is 0.782. The minimum atomic E-state index is -0.414. The average Bonchev–Trinajstić information content (AvgIpc) is 3.28. The first-order chi connectivity index (χ1) is 9.13. The van der Waals surface area contributed by atoms with E-state index in [4.69, 9.17) is 5.73 Å². The van der Waals surface area contributed by atoms with E-state index in [0.717, 1.165) is 31.7 Å². The normalized spacial score (nSPS) is 34.9. The van der Waals surface area contributed by atoms with Crippen LogP contribution >= 0.6 is 0 Å². The van der Waals surface area contributed by atoms with Crippen molar-refractivity contribution in [3.8, 4) is 0 Å². The third kappa shape index (κ3) is 2.95. The lowest BCUT2D eigenvalue weighted by atomic mass is 9.96. The van der Waals surface area contributed by atoms with E-state index in [-0.39, 0.29) is 5.91 Å². The monoisotopic (exact) mass is 265 g/mol. The van der Waals surface area contributed by atoms with Gasteiger partial charge >= 0.3 is 0 Å². The molecular formula is C15H27N3O. The van der Waals surface area contributed by atoms with E-state index in [1.165, 1.54) is 32.2 Å². The minimum absolute atomic E-state index is 0.135. The van der Waals surface area contributed by atoms with Crippen LogP contribution in [0.2, 0.25) is 0 Å². The second-order valence-electron chi connectivity index (χ2n) is 6.79. The highest BCUT2D eigenvalue weighted by atomic mass is 16.1. The zero-order valence-electron chi connectivity index (χ0n) is 12.0. The Morgan fingerprint density at radius 2 is 2.05 bits per heavy atom. The van der Waals surface area contributed by atoms with Crippen molar-refractivity contribution in [3.63, 3.8) is 0 Å². The van der Waals surface area contributed by atoms with E-state index in [9.17, 15) is 4.79 Å². The third-order valence-corrected chi connectivity index (χ3v) is 5.13. The number of rotatable bonds is 7. The number of nitrogens with zero attached hydrogens (tertiary/aromatic N) is 1. The lowest BCUT2D eigenvalue weighted by Crippen LogP contribution is -2.55. The molecule has 0 aromatic heterocycles. The maximum Gasteiger partial charge on any atom is 0.237 e. The van der Waals surface area contributed by atoms with Crippen molar-refractivity contribution in [2.24, 2.45) is 11.7 Å². The Bertz CT molecular complexity index is 351. The molecule has 0 aromatic carbocycles. The molecule has 3 fully saturated rings. The van der Waals surface area contributed by atoms with Gasteiger partial charge in [-0.05, 0) is 57.4 Å². The van der Waals surface area contributed by atoms with Gasteiger partial charge in [-0.2, -0.15) is 0 Å². The van der Waals surface area contributed by atoms with Crippen molar-refractivity contribution in [1.82, 2.24) is 10.2 Å². The first-order valence-electron chi connectivity index (χ1n) is 7.94. The van der Waals surface area contributed by atoms with E-state index in [1.54, 1.807) is 0 Å². The number of carbonyl (C=O) groups excluding carboxylic acids is 1. The molecule has 3 aliphatic carbocycles. The Labute approximate surface area is 116 Å². The number of hydrogen-bond acceptors (Lipinski definition) is 3. The van der Waals surface area contributed by atoms with E-state index in [1.807, 2.05) is 0 Å². The fourth-order valence-corrected chi connectivity index (χ4v) is 3.54. The fraction of sp³-hybridized carbons (Fsp3) is 0.933. The third-order valence-electron chi connectivity index (χ3n) is 5.13. The zero-order valence-corrected chi connectivity index (χ0v) is 12.0. The van der Waals surface area contributed by atoms with Crippen LogP contribution in [0.3, 0.4) is 0 Å². The molecule has 3 aliphatic rings. The van der Waals surface area contributed by atoms with Gasteiger partial charge < -0.3 is 16.0 Å². The molecule has 2 atom stereocenters. The summed E-state index contributed by atoms with van der Waals surface area (Å²) in [4.78, 5) is 14.5. The van der Waals surface area contributed by atoms with Crippen LogP contribution in [0.15, 0.2) is 0 Å². The van der Waals surface area contributed by atoms with Crippen molar-refractivity contribution >= 4 is 5.91 Å². The Hall–Kier alpha value is -0.610. The number of carbonyl (C=O) groups is 1. The van der Waals surface area contributed by atoms with Crippen LogP contribution in [0.1, 0.15) is 51.9 Å². The topological polar surface area (TPSA) is 58.4 Å². The van der Waals surface area contributed by atoms with Crippen molar-refractivity contribution in [3.05, 3.63) is 0 Å². The van der Waals surface area contributed by atoms with Crippen LogP contribution < -0.4 is 11.1 Å². The average molecular weight is 265 g/mol. The molecular weight excluding hydrogens is 238 g/mol. The first kappa shape index (κ1) is 13.4. The molecule has 0 bridgehead atoms. The molecule has 1 amide bonds. The van der Waals surface area contributed by atoms with Crippen molar-refractivity contribution in [2.75, 3.05) is 13.1 Å². The van der Waals surface area contributed by atoms with Gasteiger partial charge in [0.15, 0.2) is 0 Å². The number of amides is 1. The van der Waals surface area contributed by atoms with Gasteiger partial charge in [-0.15, -0.1) is 0 Å². The Balaban J connectivity index is 1.63. The van der Waals surface area contributed by atoms with Crippen LogP contribution in [-0.4, -0.2) is 41.5 Å². The number of hydrogen-bond donors (Lipinski definition) is 2. The van der Waals surface area contributed by atoms with E-state index < -0.39 is 5.54 Å². The molecule has 108 valence electrons. The standard InChI is InChI=1S/C15H27N3O/c1-2-18(10-11-3-4-11)13-7-8-15(9-13,14(16)19)17-12-5-6-12/h11-13,17H,2-10H2,1H3,(H2,16,19). The zero-order chi connectivity index (χ0) is 13.5. The minimum Gasteiger partial charge on any atom is -0.368 e. The second kappa shape index (κ2) is 5.06. The highest BCUT2D eigenvalue weighted by molar-refractivity contribution is 5.85. The molecule has 3 rings (SSSR count). The smallest absolute Gasteiger partial charge is 0.237 e. The van der Waals surface area contributed by atoms with E-state index in [2.05, 4.69) is 17.1 Å². The number of nitrogens with two attached hydrogens (primary N) is 1. The maximum atomic E-state index is 11.9. The van der Waals surface area contributed by atoms with Gasteiger partial charge in [0.05, 0.1) is 5.54 Å². The summed E-state index contributed by atoms with van der Waals surface area (Å²) >= 11 is 0. The van der Waals surface area contributed by atoms with Gasteiger partial charge in [0.2, 0.25) is 5.91 Å². The van der Waals surface area contributed by atoms with Crippen molar-refractivity contribution in [2.45, 2.75) is 69.5 Å². The summed E-state index contributed by atoms with van der Waals surface area (Å²) in [7, 11) is 0. The molecule has 2 unspecified atom stereocenters. The summed E-state index contributed by atoms with van der Waals surface area (Å²) < 4.78 is 0. The Morgan fingerprint density at radius 1 is 1.32 bits per heavy atom. The highest BCUT2D eigenvalue weighted by Crippen LogP contribution is 2.38. The maximum absolute atomic E-state index is 11.9. The van der Waals surface area contributed by atoms with Crippen LogP contribution in [0, 0.1) is 5.92 Å². The molecule has 0 aliphatic heterocycles. The van der Waals surface area contributed by atoms with Gasteiger partial charge in [-0.3, -0.25) is 4.79 Å². The second-order valence-corrected chi connectivity index (χ2v) is 6.79. The molecule has 0 radical (unpaired) electrons. The van der Waals surface area contributed by atoms with E-state index in [0.29, 0.717) is 12.1 Å². The van der Waals surface area contributed by atoms with Gasteiger partial charge in [0, 0.05) is 18.6 Å². The molecule has 3 saturated carbocycles. The van der Waals surface area contributed by atoms with Crippen LogP contribution in [0.5, 0.6) is 0 Å². The summed E-state index contributed by atoms with van der Waals surface area (Å²) in [6, 6.07) is 1.09. The van der Waals surface area contributed by atoms with Gasteiger partial charge in [0.25, 0.3) is 0 Å².